The first-order valence-electron chi connectivity index (χ1n) is 7.21. The summed E-state index contributed by atoms with van der Waals surface area (Å²) in [6.45, 7) is 3.36. The third-order valence-corrected chi connectivity index (χ3v) is 3.60. The highest BCUT2D eigenvalue weighted by molar-refractivity contribution is 7.97. The summed E-state index contributed by atoms with van der Waals surface area (Å²) in [5.74, 6) is 2.66. The molecule has 0 aliphatic heterocycles. The van der Waals surface area contributed by atoms with Crippen molar-refractivity contribution in [3.05, 3.63) is 47.5 Å². The summed E-state index contributed by atoms with van der Waals surface area (Å²) in [6, 6.07) is 7.52. The summed E-state index contributed by atoms with van der Waals surface area (Å²) in [5, 5.41) is 6.07. The maximum Gasteiger partial charge on any atom is 0.286 e. The number of aryl methyl sites for hydroxylation is 1. The van der Waals surface area contributed by atoms with Crippen LogP contribution in [-0.4, -0.2) is 30.2 Å². The predicted molar refractivity (Wildman–Crippen MR) is 90.3 cm³/mol. The van der Waals surface area contributed by atoms with Gasteiger partial charge in [-0.2, -0.15) is 11.8 Å². The number of aromatic nitrogens is 1. The molecule has 0 unspecified atom stereocenters. The predicted octanol–water partition coefficient (Wildman–Crippen LogP) is 3.08. The minimum atomic E-state index is -0.166. The van der Waals surface area contributed by atoms with Gasteiger partial charge in [-0.25, -0.2) is 4.98 Å². The Morgan fingerprint density at radius 2 is 2.14 bits per heavy atom. The van der Waals surface area contributed by atoms with Gasteiger partial charge >= 0.3 is 0 Å². The highest BCUT2D eigenvalue weighted by Gasteiger charge is 2.10. The molecule has 0 fully saturated rings. The number of anilines is 1. The Hall–Kier alpha value is -1.95. The molecule has 22 heavy (non-hydrogen) atoms. The number of nitrogens with zero attached hydrogens (tertiary/aromatic N) is 1. The summed E-state index contributed by atoms with van der Waals surface area (Å²) in [5.41, 5.74) is 1.14. The van der Waals surface area contributed by atoms with Gasteiger partial charge in [0.05, 0.1) is 5.75 Å². The summed E-state index contributed by atoms with van der Waals surface area (Å²) in [6.07, 6.45) is 4.64. The number of hydrogen-bond donors (Lipinski definition) is 2. The Morgan fingerprint density at radius 3 is 2.86 bits per heavy atom. The van der Waals surface area contributed by atoms with E-state index in [9.17, 15) is 4.79 Å². The molecule has 0 saturated carbocycles. The second-order valence-corrected chi connectivity index (χ2v) is 5.82. The SMILES string of the molecule is CSCc1ccc(C(=O)NCCCNc2ccc(C)cn2)o1. The van der Waals surface area contributed by atoms with Gasteiger partial charge < -0.3 is 15.1 Å². The lowest BCUT2D eigenvalue weighted by Gasteiger charge is -2.06. The quantitative estimate of drug-likeness (QED) is 0.732. The van der Waals surface area contributed by atoms with Gasteiger partial charge in [-0.15, -0.1) is 0 Å². The molecule has 118 valence electrons. The van der Waals surface area contributed by atoms with Crippen molar-refractivity contribution in [2.45, 2.75) is 19.1 Å². The van der Waals surface area contributed by atoms with Crippen LogP contribution in [0.3, 0.4) is 0 Å². The molecule has 2 aromatic heterocycles. The van der Waals surface area contributed by atoms with Crippen molar-refractivity contribution < 1.29 is 9.21 Å². The molecule has 0 saturated heterocycles. The topological polar surface area (TPSA) is 67.2 Å². The molecule has 1 amide bonds. The molecular formula is C16H21N3O2S. The van der Waals surface area contributed by atoms with E-state index in [1.807, 2.05) is 37.6 Å². The van der Waals surface area contributed by atoms with Crippen LogP contribution < -0.4 is 10.6 Å². The third-order valence-electron chi connectivity index (χ3n) is 3.03. The number of rotatable bonds is 8. The summed E-state index contributed by atoms with van der Waals surface area (Å²) in [7, 11) is 0. The second kappa shape index (κ2) is 8.48. The van der Waals surface area contributed by atoms with Gasteiger partial charge in [0.15, 0.2) is 5.76 Å². The van der Waals surface area contributed by atoms with E-state index >= 15 is 0 Å². The van der Waals surface area contributed by atoms with Crippen molar-refractivity contribution in [3.63, 3.8) is 0 Å². The first kappa shape index (κ1) is 16.4. The zero-order valence-electron chi connectivity index (χ0n) is 12.9. The van der Waals surface area contributed by atoms with Crippen molar-refractivity contribution in [1.82, 2.24) is 10.3 Å². The molecule has 2 rings (SSSR count). The fraction of sp³-hybridized carbons (Fsp3) is 0.375. The van der Waals surface area contributed by atoms with E-state index in [4.69, 9.17) is 4.42 Å². The van der Waals surface area contributed by atoms with Crippen molar-refractivity contribution in [1.29, 1.82) is 0 Å². The molecule has 0 spiro atoms. The van der Waals surface area contributed by atoms with E-state index in [2.05, 4.69) is 15.6 Å². The molecule has 0 atom stereocenters. The van der Waals surface area contributed by atoms with Crippen LogP contribution in [-0.2, 0) is 5.75 Å². The largest absolute Gasteiger partial charge is 0.455 e. The lowest BCUT2D eigenvalue weighted by molar-refractivity contribution is 0.0924. The van der Waals surface area contributed by atoms with E-state index in [0.717, 1.165) is 35.9 Å². The average molecular weight is 319 g/mol. The van der Waals surface area contributed by atoms with Crippen LogP contribution in [0.4, 0.5) is 5.82 Å². The maximum absolute atomic E-state index is 11.9. The Morgan fingerprint density at radius 1 is 1.27 bits per heavy atom. The van der Waals surface area contributed by atoms with E-state index in [1.165, 1.54) is 0 Å². The third kappa shape index (κ3) is 5.11. The Balaban J connectivity index is 1.65. The number of amides is 1. The van der Waals surface area contributed by atoms with E-state index in [1.54, 1.807) is 17.8 Å². The molecule has 2 aromatic rings. The standard InChI is InChI=1S/C16H21N3O2S/c1-12-4-7-15(19-10-12)17-8-3-9-18-16(20)14-6-5-13(21-14)11-22-2/h4-7,10H,3,8-9,11H2,1-2H3,(H,17,19)(H,18,20). The maximum atomic E-state index is 11.9. The zero-order valence-corrected chi connectivity index (χ0v) is 13.7. The van der Waals surface area contributed by atoms with Crippen LogP contribution in [0.15, 0.2) is 34.9 Å². The molecule has 0 aliphatic carbocycles. The van der Waals surface area contributed by atoms with E-state index in [-0.39, 0.29) is 5.91 Å². The lowest BCUT2D eigenvalue weighted by atomic mass is 10.3. The van der Waals surface area contributed by atoms with Gasteiger partial charge in [0.1, 0.15) is 11.6 Å². The summed E-state index contributed by atoms with van der Waals surface area (Å²) in [4.78, 5) is 16.2. The van der Waals surface area contributed by atoms with Crippen molar-refractivity contribution in [2.75, 3.05) is 24.7 Å². The van der Waals surface area contributed by atoms with Crippen LogP contribution in [0.5, 0.6) is 0 Å². The lowest BCUT2D eigenvalue weighted by Crippen LogP contribution is -2.25. The number of furan rings is 1. The fourth-order valence-corrected chi connectivity index (χ4v) is 2.33. The first-order chi connectivity index (χ1) is 10.7. The molecule has 0 radical (unpaired) electrons. The highest BCUT2D eigenvalue weighted by atomic mass is 32.2. The van der Waals surface area contributed by atoms with Crippen LogP contribution in [0.1, 0.15) is 28.3 Å². The molecule has 5 nitrogen and oxygen atoms in total. The van der Waals surface area contributed by atoms with Crippen molar-refractivity contribution in [3.8, 4) is 0 Å². The molecule has 0 bridgehead atoms. The van der Waals surface area contributed by atoms with Gasteiger partial charge in [0, 0.05) is 19.3 Å². The number of pyridine rings is 1. The molecule has 2 N–H and O–H groups in total. The van der Waals surface area contributed by atoms with Crippen molar-refractivity contribution in [2.24, 2.45) is 0 Å². The minimum Gasteiger partial charge on any atom is -0.455 e. The molecule has 0 aliphatic rings. The van der Waals surface area contributed by atoms with Crippen LogP contribution in [0, 0.1) is 6.92 Å². The molecule has 6 heteroatoms. The Kier molecular flexibility index (Phi) is 6.33. The van der Waals surface area contributed by atoms with Crippen LogP contribution in [0.25, 0.3) is 0 Å². The smallest absolute Gasteiger partial charge is 0.286 e. The number of nitrogens with one attached hydrogen (secondary N) is 2. The summed E-state index contributed by atoms with van der Waals surface area (Å²) < 4.78 is 5.46. The fourth-order valence-electron chi connectivity index (χ4n) is 1.89. The highest BCUT2D eigenvalue weighted by Crippen LogP contribution is 2.13. The molecule has 0 aromatic carbocycles. The average Bonchev–Trinajstić information content (AvgIpc) is 2.98. The van der Waals surface area contributed by atoms with Gasteiger partial charge in [-0.05, 0) is 43.4 Å². The first-order valence-corrected chi connectivity index (χ1v) is 8.61. The van der Waals surface area contributed by atoms with E-state index in [0.29, 0.717) is 12.3 Å². The number of thioether (sulfide) groups is 1. The van der Waals surface area contributed by atoms with Crippen LogP contribution in [0.2, 0.25) is 0 Å². The zero-order chi connectivity index (χ0) is 15.8. The second-order valence-electron chi connectivity index (χ2n) is 4.96. The summed E-state index contributed by atoms with van der Waals surface area (Å²) >= 11 is 1.66. The van der Waals surface area contributed by atoms with Crippen LogP contribution >= 0.6 is 11.8 Å². The molecular weight excluding hydrogens is 298 g/mol. The number of hydrogen-bond acceptors (Lipinski definition) is 5. The Labute approximate surface area is 134 Å². The van der Waals surface area contributed by atoms with Gasteiger partial charge in [0.2, 0.25) is 0 Å². The van der Waals surface area contributed by atoms with Crippen molar-refractivity contribution >= 4 is 23.5 Å². The normalized spacial score (nSPS) is 10.5. The Bertz CT molecular complexity index is 596. The van der Waals surface area contributed by atoms with Gasteiger partial charge in [-0.1, -0.05) is 6.07 Å². The minimum absolute atomic E-state index is 0.166. The monoisotopic (exact) mass is 319 g/mol. The number of carbonyl (C=O) groups excluding carboxylic acids is 1. The number of carbonyl (C=O) groups is 1. The van der Waals surface area contributed by atoms with Gasteiger partial charge in [0.25, 0.3) is 5.91 Å². The molecule has 2 heterocycles. The van der Waals surface area contributed by atoms with Gasteiger partial charge in [-0.3, -0.25) is 4.79 Å². The van der Waals surface area contributed by atoms with E-state index < -0.39 is 0 Å².